The number of hydrogen-bond acceptors (Lipinski definition) is 1. The first-order valence-corrected chi connectivity index (χ1v) is 8.61. The lowest BCUT2D eigenvalue weighted by Gasteiger charge is -2.01. The van der Waals surface area contributed by atoms with E-state index in [1.165, 1.54) is 70.8 Å². The summed E-state index contributed by atoms with van der Waals surface area (Å²) in [5, 5.41) is 0. The number of thiol groups is 1. The minimum atomic E-state index is 1.05. The van der Waals surface area contributed by atoms with E-state index in [0.717, 1.165) is 5.75 Å². The van der Waals surface area contributed by atoms with Crippen LogP contribution < -0.4 is 4.57 Å². The van der Waals surface area contributed by atoms with Crippen molar-refractivity contribution in [3.05, 3.63) is 30.6 Å². The van der Waals surface area contributed by atoms with Crippen LogP contribution >= 0.6 is 12.6 Å². The summed E-state index contributed by atoms with van der Waals surface area (Å²) in [5.41, 5.74) is 0. The summed E-state index contributed by atoms with van der Waals surface area (Å²) in [6.07, 6.45) is 18.2. The Morgan fingerprint density at radius 3 is 1.58 bits per heavy atom. The van der Waals surface area contributed by atoms with E-state index in [1.807, 2.05) is 0 Å². The summed E-state index contributed by atoms with van der Waals surface area (Å²) in [6.45, 7) is 1.17. The summed E-state index contributed by atoms with van der Waals surface area (Å²) in [4.78, 5) is 0. The fourth-order valence-corrected chi connectivity index (χ4v) is 2.63. The molecule has 1 nitrogen and oxygen atoms in total. The van der Waals surface area contributed by atoms with Crippen molar-refractivity contribution >= 4 is 12.6 Å². The minimum Gasteiger partial charge on any atom is -0.205 e. The van der Waals surface area contributed by atoms with Gasteiger partial charge in [-0.2, -0.15) is 12.6 Å². The maximum absolute atomic E-state index is 4.24. The van der Waals surface area contributed by atoms with E-state index in [2.05, 4.69) is 47.8 Å². The number of hydrogen-bond donors (Lipinski definition) is 1. The quantitative estimate of drug-likeness (QED) is 0.318. The predicted molar refractivity (Wildman–Crippen MR) is 86.7 cm³/mol. The van der Waals surface area contributed by atoms with Gasteiger partial charge in [0.15, 0.2) is 12.4 Å². The highest BCUT2D eigenvalue weighted by molar-refractivity contribution is 7.80. The lowest BCUT2D eigenvalue weighted by molar-refractivity contribution is -0.697. The van der Waals surface area contributed by atoms with Crippen molar-refractivity contribution < 1.29 is 4.57 Å². The van der Waals surface area contributed by atoms with E-state index in [1.54, 1.807) is 0 Å². The van der Waals surface area contributed by atoms with Gasteiger partial charge in [-0.1, -0.05) is 51.0 Å². The Morgan fingerprint density at radius 1 is 0.579 bits per heavy atom. The Kier molecular flexibility index (Phi) is 10.9. The normalized spacial score (nSPS) is 10.8. The largest absolute Gasteiger partial charge is 0.205 e. The van der Waals surface area contributed by atoms with Crippen LogP contribution in [0.1, 0.15) is 64.2 Å². The summed E-state index contributed by atoms with van der Waals surface area (Å²) in [7, 11) is 0. The molecule has 0 amide bonds. The van der Waals surface area contributed by atoms with Gasteiger partial charge in [0.2, 0.25) is 0 Å². The monoisotopic (exact) mass is 280 g/mol. The van der Waals surface area contributed by atoms with E-state index in [4.69, 9.17) is 0 Å². The molecule has 1 aromatic heterocycles. The molecule has 0 saturated heterocycles. The number of pyridine rings is 1. The standard InChI is InChI=1S/C17H29NS/c19-17-13-8-6-4-2-1-3-5-7-10-14-18-15-11-9-12-16-18/h9,11-12,15-16H,1-8,10,13-14,17H2/p+1. The number of rotatable bonds is 12. The van der Waals surface area contributed by atoms with Crippen molar-refractivity contribution in [1.29, 1.82) is 0 Å². The van der Waals surface area contributed by atoms with E-state index in [-0.39, 0.29) is 0 Å². The molecule has 0 bridgehead atoms. The van der Waals surface area contributed by atoms with Crippen LogP contribution in [0.3, 0.4) is 0 Å². The van der Waals surface area contributed by atoms with E-state index in [0.29, 0.717) is 0 Å². The molecule has 0 aliphatic carbocycles. The Balaban J connectivity index is 1.79. The highest BCUT2D eigenvalue weighted by Gasteiger charge is 1.97. The number of nitrogens with zero attached hydrogens (tertiary/aromatic N) is 1. The minimum absolute atomic E-state index is 1.05. The van der Waals surface area contributed by atoms with Gasteiger partial charge in [-0.3, -0.25) is 0 Å². The van der Waals surface area contributed by atoms with Crippen molar-refractivity contribution in [2.45, 2.75) is 70.8 Å². The number of aryl methyl sites for hydroxylation is 1. The average Bonchev–Trinajstić information content (AvgIpc) is 2.46. The zero-order valence-corrected chi connectivity index (χ0v) is 13.2. The molecule has 0 atom stereocenters. The number of aromatic nitrogens is 1. The van der Waals surface area contributed by atoms with Gasteiger partial charge in [0.25, 0.3) is 0 Å². The van der Waals surface area contributed by atoms with Crippen molar-refractivity contribution in [3.63, 3.8) is 0 Å². The van der Waals surface area contributed by atoms with Gasteiger partial charge in [0.1, 0.15) is 6.54 Å². The van der Waals surface area contributed by atoms with Gasteiger partial charge in [-0.15, -0.1) is 0 Å². The molecule has 0 aliphatic rings. The van der Waals surface area contributed by atoms with Crippen LogP contribution in [0.4, 0.5) is 0 Å². The Bertz CT molecular complexity index is 287. The molecule has 1 heterocycles. The highest BCUT2D eigenvalue weighted by Crippen LogP contribution is 2.10. The second-order valence-electron chi connectivity index (χ2n) is 5.37. The van der Waals surface area contributed by atoms with Crippen molar-refractivity contribution in [1.82, 2.24) is 0 Å². The second-order valence-corrected chi connectivity index (χ2v) is 5.82. The van der Waals surface area contributed by atoms with Gasteiger partial charge < -0.3 is 0 Å². The molecule has 0 spiro atoms. The van der Waals surface area contributed by atoms with E-state index < -0.39 is 0 Å². The summed E-state index contributed by atoms with van der Waals surface area (Å²) < 4.78 is 2.28. The third kappa shape index (κ3) is 10.0. The third-order valence-corrected chi connectivity index (χ3v) is 3.92. The molecular weight excluding hydrogens is 250 g/mol. The second kappa shape index (κ2) is 12.5. The Labute approximate surface area is 124 Å². The van der Waals surface area contributed by atoms with E-state index >= 15 is 0 Å². The molecule has 19 heavy (non-hydrogen) atoms. The zero-order chi connectivity index (χ0) is 13.6. The maximum atomic E-state index is 4.24. The SMILES string of the molecule is SCCCCCCCCCCCC[n+]1ccccc1. The van der Waals surface area contributed by atoms with Crippen LogP contribution in [-0.2, 0) is 6.54 Å². The van der Waals surface area contributed by atoms with Gasteiger partial charge in [-0.05, 0) is 18.6 Å². The summed E-state index contributed by atoms with van der Waals surface area (Å²) >= 11 is 4.24. The first-order chi connectivity index (χ1) is 9.43. The first kappa shape index (κ1) is 16.6. The first-order valence-electron chi connectivity index (χ1n) is 7.98. The summed E-state index contributed by atoms with van der Waals surface area (Å²) in [5.74, 6) is 1.05. The van der Waals surface area contributed by atoms with Crippen molar-refractivity contribution in [3.8, 4) is 0 Å². The third-order valence-electron chi connectivity index (χ3n) is 3.60. The van der Waals surface area contributed by atoms with Crippen LogP contribution in [0.2, 0.25) is 0 Å². The molecule has 1 rings (SSSR count). The van der Waals surface area contributed by atoms with Crippen LogP contribution in [0.5, 0.6) is 0 Å². The van der Waals surface area contributed by atoms with Crippen molar-refractivity contribution in [2.24, 2.45) is 0 Å². The van der Waals surface area contributed by atoms with Crippen molar-refractivity contribution in [2.75, 3.05) is 5.75 Å². The van der Waals surface area contributed by atoms with Gasteiger partial charge in [-0.25, -0.2) is 4.57 Å². The molecule has 0 fully saturated rings. The molecule has 1 aromatic rings. The molecule has 0 aliphatic heterocycles. The average molecular weight is 281 g/mol. The molecular formula is C17H30NS+. The smallest absolute Gasteiger partial charge is 0.168 e. The van der Waals surface area contributed by atoms with Crippen LogP contribution in [0.25, 0.3) is 0 Å². The van der Waals surface area contributed by atoms with Gasteiger partial charge in [0, 0.05) is 18.6 Å². The fourth-order valence-electron chi connectivity index (χ4n) is 2.40. The zero-order valence-electron chi connectivity index (χ0n) is 12.3. The molecule has 0 saturated carbocycles. The topological polar surface area (TPSA) is 3.88 Å². The summed E-state index contributed by atoms with van der Waals surface area (Å²) in [6, 6.07) is 6.29. The highest BCUT2D eigenvalue weighted by atomic mass is 32.1. The Morgan fingerprint density at radius 2 is 1.05 bits per heavy atom. The predicted octanol–water partition coefficient (Wildman–Crippen LogP) is 4.80. The molecule has 0 radical (unpaired) electrons. The van der Waals surface area contributed by atoms with Gasteiger partial charge >= 0.3 is 0 Å². The fraction of sp³-hybridized carbons (Fsp3) is 0.706. The molecule has 0 aromatic carbocycles. The lowest BCUT2D eigenvalue weighted by Crippen LogP contribution is -2.32. The van der Waals surface area contributed by atoms with Crippen LogP contribution in [0, 0.1) is 0 Å². The Hall–Kier alpha value is -0.500. The lowest BCUT2D eigenvalue weighted by atomic mass is 10.1. The van der Waals surface area contributed by atoms with Gasteiger partial charge in [0.05, 0.1) is 0 Å². The number of unbranched alkanes of at least 4 members (excludes halogenated alkanes) is 9. The molecule has 2 heteroatoms. The van der Waals surface area contributed by atoms with E-state index in [9.17, 15) is 0 Å². The maximum Gasteiger partial charge on any atom is 0.168 e. The van der Waals surface area contributed by atoms with Crippen LogP contribution in [-0.4, -0.2) is 5.75 Å². The molecule has 108 valence electrons. The molecule has 0 unspecified atom stereocenters. The van der Waals surface area contributed by atoms with Crippen LogP contribution in [0.15, 0.2) is 30.6 Å². The molecule has 0 N–H and O–H groups in total.